The molecule has 298 valence electrons. The van der Waals surface area contributed by atoms with E-state index in [2.05, 4.69) is 20.0 Å². The Hall–Kier alpha value is -4.99. The number of nitrogen functional groups attached to an aromatic ring is 1. The molecular weight excluding hydrogens is 788 g/mol. The van der Waals surface area contributed by atoms with Crippen molar-refractivity contribution in [2.45, 2.75) is 57.8 Å². The van der Waals surface area contributed by atoms with E-state index in [0.29, 0.717) is 26.1 Å². The lowest BCUT2D eigenvalue weighted by atomic mass is 9.72. The second-order valence-corrected chi connectivity index (χ2v) is 17.7. The van der Waals surface area contributed by atoms with Gasteiger partial charge in [0.1, 0.15) is 53.9 Å². The van der Waals surface area contributed by atoms with Crippen LogP contribution < -0.4 is 20.1 Å². The first-order chi connectivity index (χ1) is 27.2. The summed E-state index contributed by atoms with van der Waals surface area (Å²) in [5.74, 6) is -1.27. The number of halogens is 5. The highest BCUT2D eigenvalue weighted by atomic mass is 35.5. The van der Waals surface area contributed by atoms with E-state index in [1.807, 2.05) is 31.7 Å². The Morgan fingerprint density at radius 1 is 1.19 bits per heavy atom. The molecule has 57 heavy (non-hydrogen) atoms. The molecule has 0 radical (unpaired) electrons. The van der Waals surface area contributed by atoms with Gasteiger partial charge in [0.25, 0.3) is 0 Å². The molecule has 19 heteroatoms. The van der Waals surface area contributed by atoms with Gasteiger partial charge in [-0.3, -0.25) is 4.90 Å². The molecule has 13 nitrogen and oxygen atoms in total. The van der Waals surface area contributed by atoms with E-state index in [4.69, 9.17) is 31.8 Å². The van der Waals surface area contributed by atoms with Gasteiger partial charge >= 0.3 is 18.1 Å². The summed E-state index contributed by atoms with van der Waals surface area (Å²) < 4.78 is 74.5. The number of rotatable bonds is 6. The summed E-state index contributed by atoms with van der Waals surface area (Å²) in [6, 6.07) is 3.56. The Morgan fingerprint density at radius 3 is 2.74 bits per heavy atom. The van der Waals surface area contributed by atoms with Crippen LogP contribution in [0.5, 0.6) is 11.8 Å². The molecule has 3 saturated heterocycles. The lowest BCUT2D eigenvalue weighted by Gasteiger charge is -2.54. The number of aromatic nitrogens is 5. The number of hydrogen-bond acceptors (Lipinski definition) is 12. The minimum Gasteiger partial charge on any atom is -0.489 e. The highest BCUT2D eigenvalue weighted by Crippen LogP contribution is 2.51. The maximum absolute atomic E-state index is 17.5. The van der Waals surface area contributed by atoms with Gasteiger partial charge in [0.05, 0.1) is 32.8 Å². The van der Waals surface area contributed by atoms with Crippen molar-refractivity contribution in [3.63, 3.8) is 0 Å². The van der Waals surface area contributed by atoms with Crippen LogP contribution in [0.15, 0.2) is 18.5 Å². The molecule has 4 atom stereocenters. The molecule has 3 aromatic heterocycles. The van der Waals surface area contributed by atoms with Crippen LogP contribution in [0.25, 0.3) is 32.1 Å². The second kappa shape index (κ2) is 13.6. The first-order valence-corrected chi connectivity index (χ1v) is 19.8. The monoisotopic (exact) mass is 824 g/mol. The van der Waals surface area contributed by atoms with E-state index in [9.17, 15) is 18.8 Å². The number of amides is 1. The average Bonchev–Trinajstić information content (AvgIpc) is 3.88. The van der Waals surface area contributed by atoms with Crippen molar-refractivity contribution in [3.05, 3.63) is 46.8 Å². The zero-order chi connectivity index (χ0) is 40.1. The van der Waals surface area contributed by atoms with Gasteiger partial charge in [-0.1, -0.05) is 38.4 Å². The van der Waals surface area contributed by atoms with Crippen molar-refractivity contribution < 1.29 is 31.8 Å². The van der Waals surface area contributed by atoms with Gasteiger partial charge in [-0.25, -0.2) is 18.0 Å². The smallest absolute Gasteiger partial charge is 0.346 e. The third-order valence-corrected chi connectivity index (χ3v) is 13.1. The number of fused-ring (bicyclic) bond motifs is 2. The molecule has 2 aromatic carbocycles. The fourth-order valence-corrected chi connectivity index (χ4v) is 10.7. The first-order valence-electron chi connectivity index (χ1n) is 18.6. The van der Waals surface area contributed by atoms with E-state index in [1.54, 1.807) is 4.90 Å². The van der Waals surface area contributed by atoms with Gasteiger partial charge < -0.3 is 25.0 Å². The first kappa shape index (κ1) is 37.6. The molecule has 4 aliphatic heterocycles. The predicted octanol–water partition coefficient (Wildman–Crippen LogP) is 6.80. The molecule has 9 rings (SSSR count). The van der Waals surface area contributed by atoms with Crippen molar-refractivity contribution in [3.8, 4) is 29.0 Å². The number of thiophene rings is 1. The molecular formula is C38H37ClF4N10O3S. The Labute approximate surface area is 332 Å². The topological polar surface area (TPSA) is 152 Å². The molecule has 0 bridgehead atoms. The summed E-state index contributed by atoms with van der Waals surface area (Å²) in [5.41, 5.74) is 4.93. The Kier molecular flexibility index (Phi) is 8.94. The summed E-state index contributed by atoms with van der Waals surface area (Å²) >= 11 is 7.98. The van der Waals surface area contributed by atoms with E-state index in [-0.39, 0.29) is 97.0 Å². The zero-order valence-electron chi connectivity index (χ0n) is 31.2. The number of nitrogens with zero attached hydrogens (tertiary/aromatic N) is 9. The Morgan fingerprint density at radius 2 is 2.00 bits per heavy atom. The van der Waals surface area contributed by atoms with Crippen LogP contribution in [0.2, 0.25) is 5.02 Å². The lowest BCUT2D eigenvalue weighted by molar-refractivity contribution is -0.0150. The predicted molar refractivity (Wildman–Crippen MR) is 205 cm³/mol. The maximum Gasteiger partial charge on any atom is 0.346 e. The number of carbonyl (C=O) groups is 1. The number of nitriles is 1. The molecule has 0 aliphatic carbocycles. The molecule has 0 saturated carbocycles. The molecule has 2 N–H and O–H groups in total. The number of benzene rings is 2. The largest absolute Gasteiger partial charge is 0.489 e. The van der Waals surface area contributed by atoms with Gasteiger partial charge in [0.2, 0.25) is 0 Å². The van der Waals surface area contributed by atoms with E-state index in [0.717, 1.165) is 41.7 Å². The quantitative estimate of drug-likeness (QED) is 0.180. The fourth-order valence-electron chi connectivity index (χ4n) is 9.46. The third kappa shape index (κ3) is 5.99. The van der Waals surface area contributed by atoms with Crippen LogP contribution >= 0.6 is 22.9 Å². The number of alkyl halides is 1. The highest BCUT2D eigenvalue weighted by molar-refractivity contribution is 7.23. The minimum absolute atomic E-state index is 0.0103. The number of anilines is 2. The van der Waals surface area contributed by atoms with E-state index < -0.39 is 40.9 Å². The average molecular weight is 825 g/mol. The number of hydrogen-bond donors (Lipinski definition) is 1. The Bertz CT molecular complexity index is 2520. The number of likely N-dealkylation sites (tertiary alicyclic amines) is 1. The van der Waals surface area contributed by atoms with Crippen molar-refractivity contribution in [2.24, 2.45) is 11.3 Å². The van der Waals surface area contributed by atoms with Crippen molar-refractivity contribution in [2.75, 3.05) is 56.6 Å². The van der Waals surface area contributed by atoms with Crippen LogP contribution in [0.3, 0.4) is 0 Å². The highest BCUT2D eigenvalue weighted by Gasteiger charge is 2.51. The maximum atomic E-state index is 17.5. The van der Waals surface area contributed by atoms with Crippen LogP contribution in [0.1, 0.15) is 45.6 Å². The molecule has 0 spiro atoms. The summed E-state index contributed by atoms with van der Waals surface area (Å²) in [6.45, 7) is 8.12. The van der Waals surface area contributed by atoms with Gasteiger partial charge in [-0.05, 0) is 36.4 Å². The fraction of sp³-hybridized carbons (Fsp3) is 0.474. The van der Waals surface area contributed by atoms with Crippen LogP contribution in [-0.2, 0) is 0 Å². The summed E-state index contributed by atoms with van der Waals surface area (Å²) in [5, 5.41) is 13.8. The molecule has 0 unspecified atom stereocenters. The summed E-state index contributed by atoms with van der Waals surface area (Å²) in [4.78, 5) is 32.0. The zero-order valence-corrected chi connectivity index (χ0v) is 32.7. The Balaban J connectivity index is 1.17. The molecule has 3 fully saturated rings. The molecule has 1 amide bonds. The molecule has 5 aromatic rings. The summed E-state index contributed by atoms with van der Waals surface area (Å²) in [7, 11) is 0. The van der Waals surface area contributed by atoms with Crippen LogP contribution in [0.4, 0.5) is 33.2 Å². The second-order valence-electron chi connectivity index (χ2n) is 16.3. The van der Waals surface area contributed by atoms with Crippen molar-refractivity contribution in [1.29, 1.82) is 5.26 Å². The van der Waals surface area contributed by atoms with Crippen molar-refractivity contribution >= 4 is 60.8 Å². The van der Waals surface area contributed by atoms with Crippen LogP contribution in [0, 0.1) is 40.4 Å². The minimum atomic E-state index is -1.01. The van der Waals surface area contributed by atoms with E-state index in [1.165, 1.54) is 12.1 Å². The standard InChI is InChI=1S/C38H37ClF4N10O3S/c1-37(2,3)31-18(14-52(31)36(54)53-17-46-34(43)49-53)13-50-9-10-55-29-25-28(47-35(48-33(25)50)56-16-38-7-4-8-51(38)15-19(40)11-38)27(42)24(26(29)39)20-5-6-22(41)30-23(20)21(12-44)32(45)57-30/h5-6,17-19,31H,4,7-11,13-16,45H2,1-3H3/t18-,19-,31+,38+/m1/s1. The molecule has 7 heterocycles. The van der Waals surface area contributed by atoms with Crippen LogP contribution in [-0.4, -0.2) is 104 Å². The normalized spacial score (nSPS) is 23.4. The van der Waals surface area contributed by atoms with Gasteiger partial charge in [-0.15, -0.1) is 16.4 Å². The number of nitrogens with two attached hydrogens (primary N) is 1. The number of ether oxygens (including phenoxy) is 2. The SMILES string of the molecule is CC(C)(C)[C@@H]1[C@H](CN2CCOc3c(Cl)c(-c4ccc(F)c5sc(N)c(C#N)c45)c(F)c4nc(OC[C@@]56CCCN5C[C@H](F)C6)nc2c34)CN1C(=O)n1cnc(F)n1. The van der Waals surface area contributed by atoms with Gasteiger partial charge in [0, 0.05) is 49.0 Å². The molecule has 4 aliphatic rings. The lowest BCUT2D eigenvalue weighted by Crippen LogP contribution is -2.67. The van der Waals surface area contributed by atoms with Crippen molar-refractivity contribution in [1.82, 2.24) is 34.5 Å². The van der Waals surface area contributed by atoms with E-state index >= 15 is 8.78 Å². The summed E-state index contributed by atoms with van der Waals surface area (Å²) in [6.07, 6.45) is 0.930. The third-order valence-electron chi connectivity index (χ3n) is 11.7. The van der Waals surface area contributed by atoms with Gasteiger partial charge in [0.15, 0.2) is 11.6 Å². The number of carbonyl (C=O) groups excluding carboxylic acids is 1. The van der Waals surface area contributed by atoms with Gasteiger partial charge in [-0.2, -0.15) is 29.3 Å².